The number of nitrogens with one attached hydrogen (secondary N) is 1. The van der Waals surface area contributed by atoms with Gasteiger partial charge in [0.2, 0.25) is 0 Å². The van der Waals surface area contributed by atoms with E-state index in [0.29, 0.717) is 0 Å². The summed E-state index contributed by atoms with van der Waals surface area (Å²) in [5, 5.41) is 3.39. The summed E-state index contributed by atoms with van der Waals surface area (Å²) < 4.78 is 0. The summed E-state index contributed by atoms with van der Waals surface area (Å²) in [4.78, 5) is 0. The first-order chi connectivity index (χ1) is 6.86. The van der Waals surface area contributed by atoms with Crippen molar-refractivity contribution in [3.8, 4) is 0 Å². The molecule has 0 spiro atoms. The highest BCUT2D eigenvalue weighted by molar-refractivity contribution is 5.26. The minimum atomic E-state index is 1.07. The highest BCUT2D eigenvalue weighted by Crippen LogP contribution is 2.17. The molecule has 1 heteroatoms. The lowest BCUT2D eigenvalue weighted by Gasteiger charge is -2.18. The van der Waals surface area contributed by atoms with Gasteiger partial charge in [0.1, 0.15) is 0 Å². The minimum absolute atomic E-state index is 1.07. The summed E-state index contributed by atoms with van der Waals surface area (Å²) >= 11 is 0. The lowest BCUT2D eigenvalue weighted by molar-refractivity contribution is 0.665. The summed E-state index contributed by atoms with van der Waals surface area (Å²) in [7, 11) is 0. The predicted molar refractivity (Wildman–Crippen MR) is 60.3 cm³/mol. The van der Waals surface area contributed by atoms with E-state index in [1.54, 1.807) is 5.57 Å². The molecular formula is C13H17N. The predicted octanol–water partition coefficient (Wildman–Crippen LogP) is 2.54. The summed E-state index contributed by atoms with van der Waals surface area (Å²) in [6.45, 7) is 4.45. The molecule has 0 saturated carbocycles. The normalized spacial score (nSPS) is 17.2. The fourth-order valence-corrected chi connectivity index (χ4v) is 1.94. The van der Waals surface area contributed by atoms with Crippen LogP contribution >= 0.6 is 0 Å². The van der Waals surface area contributed by atoms with Crippen LogP contribution in [0.5, 0.6) is 0 Å². The SMILES string of the molecule is CC1=C(Cc2ccccc2)CCNC1. The molecule has 2 rings (SSSR count). The summed E-state index contributed by atoms with van der Waals surface area (Å²) in [5.41, 5.74) is 4.58. The summed E-state index contributed by atoms with van der Waals surface area (Å²) in [6.07, 6.45) is 2.34. The molecule has 0 bridgehead atoms. The standard InChI is InChI=1S/C13H17N/c1-11-10-14-8-7-13(11)9-12-5-3-2-4-6-12/h2-6,14H,7-10H2,1H3. The van der Waals surface area contributed by atoms with E-state index in [9.17, 15) is 0 Å². The second-order valence-electron chi connectivity index (χ2n) is 3.97. The van der Waals surface area contributed by atoms with Crippen molar-refractivity contribution in [2.24, 2.45) is 0 Å². The maximum absolute atomic E-state index is 3.39. The van der Waals surface area contributed by atoms with Crippen LogP contribution in [-0.2, 0) is 6.42 Å². The van der Waals surface area contributed by atoms with Gasteiger partial charge < -0.3 is 5.32 Å². The Hall–Kier alpha value is -1.08. The Morgan fingerprint density at radius 3 is 2.71 bits per heavy atom. The van der Waals surface area contributed by atoms with E-state index in [1.807, 2.05) is 0 Å². The third-order valence-electron chi connectivity index (χ3n) is 2.86. The fourth-order valence-electron chi connectivity index (χ4n) is 1.94. The Kier molecular flexibility index (Phi) is 3.00. The second-order valence-corrected chi connectivity index (χ2v) is 3.97. The molecule has 0 saturated heterocycles. The van der Waals surface area contributed by atoms with Crippen molar-refractivity contribution in [1.82, 2.24) is 5.32 Å². The van der Waals surface area contributed by atoms with E-state index in [4.69, 9.17) is 0 Å². The highest BCUT2D eigenvalue weighted by Gasteiger charge is 2.08. The highest BCUT2D eigenvalue weighted by atomic mass is 14.9. The zero-order valence-corrected chi connectivity index (χ0v) is 8.72. The van der Waals surface area contributed by atoms with Crippen LogP contribution in [0.4, 0.5) is 0 Å². The van der Waals surface area contributed by atoms with E-state index < -0.39 is 0 Å². The third kappa shape index (κ3) is 2.24. The molecule has 1 aromatic carbocycles. The van der Waals surface area contributed by atoms with E-state index in [2.05, 4.69) is 42.6 Å². The van der Waals surface area contributed by atoms with Crippen LogP contribution in [0.2, 0.25) is 0 Å². The maximum Gasteiger partial charge on any atom is 0.0164 e. The van der Waals surface area contributed by atoms with E-state index >= 15 is 0 Å². The lowest BCUT2D eigenvalue weighted by atomic mass is 9.96. The molecule has 1 aliphatic heterocycles. The third-order valence-corrected chi connectivity index (χ3v) is 2.86. The van der Waals surface area contributed by atoms with Gasteiger partial charge in [-0.15, -0.1) is 0 Å². The number of hydrogen-bond donors (Lipinski definition) is 1. The van der Waals surface area contributed by atoms with Crippen molar-refractivity contribution in [2.45, 2.75) is 19.8 Å². The van der Waals surface area contributed by atoms with Crippen molar-refractivity contribution in [1.29, 1.82) is 0 Å². The van der Waals surface area contributed by atoms with Crippen LogP contribution in [0.25, 0.3) is 0 Å². The van der Waals surface area contributed by atoms with E-state index in [-0.39, 0.29) is 0 Å². The smallest absolute Gasteiger partial charge is 0.0164 e. The van der Waals surface area contributed by atoms with Gasteiger partial charge in [0.25, 0.3) is 0 Å². The van der Waals surface area contributed by atoms with Crippen molar-refractivity contribution < 1.29 is 0 Å². The van der Waals surface area contributed by atoms with Crippen molar-refractivity contribution in [3.63, 3.8) is 0 Å². The molecule has 1 aliphatic rings. The molecule has 0 aliphatic carbocycles. The van der Waals surface area contributed by atoms with Crippen LogP contribution in [-0.4, -0.2) is 13.1 Å². The average Bonchev–Trinajstić information content (AvgIpc) is 2.23. The maximum atomic E-state index is 3.39. The van der Waals surface area contributed by atoms with E-state index in [1.165, 1.54) is 17.6 Å². The molecule has 0 radical (unpaired) electrons. The summed E-state index contributed by atoms with van der Waals surface area (Å²) in [6, 6.07) is 10.7. The molecule has 1 nitrogen and oxygen atoms in total. The zero-order chi connectivity index (χ0) is 9.80. The van der Waals surface area contributed by atoms with Crippen LogP contribution in [0.3, 0.4) is 0 Å². The average molecular weight is 187 g/mol. The Morgan fingerprint density at radius 2 is 2.00 bits per heavy atom. The zero-order valence-electron chi connectivity index (χ0n) is 8.72. The Bertz CT molecular complexity index is 324. The second kappa shape index (κ2) is 4.43. The molecule has 0 unspecified atom stereocenters. The quantitative estimate of drug-likeness (QED) is 0.702. The number of rotatable bonds is 2. The van der Waals surface area contributed by atoms with Gasteiger partial charge in [-0.05, 0) is 31.9 Å². The van der Waals surface area contributed by atoms with Gasteiger partial charge in [-0.1, -0.05) is 41.5 Å². The first-order valence-electron chi connectivity index (χ1n) is 5.28. The van der Waals surface area contributed by atoms with E-state index in [0.717, 1.165) is 19.5 Å². The lowest BCUT2D eigenvalue weighted by Crippen LogP contribution is -2.24. The van der Waals surface area contributed by atoms with Crippen LogP contribution in [0.15, 0.2) is 41.5 Å². The molecule has 0 atom stereocenters. The van der Waals surface area contributed by atoms with Gasteiger partial charge >= 0.3 is 0 Å². The largest absolute Gasteiger partial charge is 0.313 e. The van der Waals surface area contributed by atoms with Crippen molar-refractivity contribution in [3.05, 3.63) is 47.0 Å². The number of benzene rings is 1. The Morgan fingerprint density at radius 1 is 1.21 bits per heavy atom. The number of hydrogen-bond acceptors (Lipinski definition) is 1. The molecule has 0 fully saturated rings. The Balaban J connectivity index is 2.10. The molecular weight excluding hydrogens is 170 g/mol. The Labute approximate surface area is 85.8 Å². The van der Waals surface area contributed by atoms with Gasteiger partial charge in [-0.2, -0.15) is 0 Å². The van der Waals surface area contributed by atoms with Crippen molar-refractivity contribution >= 4 is 0 Å². The first-order valence-corrected chi connectivity index (χ1v) is 5.28. The summed E-state index contributed by atoms with van der Waals surface area (Å²) in [5.74, 6) is 0. The van der Waals surface area contributed by atoms with Gasteiger partial charge in [0.15, 0.2) is 0 Å². The molecule has 0 amide bonds. The monoisotopic (exact) mass is 187 g/mol. The fraction of sp³-hybridized carbons (Fsp3) is 0.385. The molecule has 1 aromatic rings. The topological polar surface area (TPSA) is 12.0 Å². The molecule has 0 aromatic heterocycles. The van der Waals surface area contributed by atoms with Crippen LogP contribution in [0.1, 0.15) is 18.9 Å². The van der Waals surface area contributed by atoms with Crippen LogP contribution in [0, 0.1) is 0 Å². The van der Waals surface area contributed by atoms with Gasteiger partial charge in [-0.3, -0.25) is 0 Å². The van der Waals surface area contributed by atoms with Gasteiger partial charge in [-0.25, -0.2) is 0 Å². The molecule has 74 valence electrons. The van der Waals surface area contributed by atoms with Crippen molar-refractivity contribution in [2.75, 3.05) is 13.1 Å². The molecule has 1 heterocycles. The van der Waals surface area contributed by atoms with Crippen LogP contribution < -0.4 is 5.32 Å². The first kappa shape index (κ1) is 9.47. The minimum Gasteiger partial charge on any atom is -0.313 e. The molecule has 1 N–H and O–H groups in total. The van der Waals surface area contributed by atoms with Gasteiger partial charge in [0.05, 0.1) is 0 Å². The molecule has 14 heavy (non-hydrogen) atoms. The van der Waals surface area contributed by atoms with Gasteiger partial charge in [0, 0.05) is 6.54 Å².